The zero-order valence-corrected chi connectivity index (χ0v) is 15.2. The second kappa shape index (κ2) is 8.65. The number of hydrogen-bond donors (Lipinski definition) is 2. The number of amides is 2. The lowest BCUT2D eigenvalue weighted by molar-refractivity contribution is -0.136. The Morgan fingerprint density at radius 3 is 2.32 bits per heavy atom. The fourth-order valence-electron chi connectivity index (χ4n) is 1.96. The summed E-state index contributed by atoms with van der Waals surface area (Å²) in [6.45, 7) is 4.15. The third-order valence-corrected chi connectivity index (χ3v) is 3.94. The summed E-state index contributed by atoms with van der Waals surface area (Å²) < 4.78 is 0. The average Bonchev–Trinajstić information content (AvgIpc) is 2.57. The second-order valence-electron chi connectivity index (χ2n) is 5.60. The lowest BCUT2D eigenvalue weighted by atomic mass is 10.0. The van der Waals surface area contributed by atoms with Crippen molar-refractivity contribution in [1.29, 1.82) is 0 Å². The number of hydrazone groups is 1. The van der Waals surface area contributed by atoms with Crippen LogP contribution in [0.5, 0.6) is 0 Å². The molecule has 0 fully saturated rings. The summed E-state index contributed by atoms with van der Waals surface area (Å²) in [4.78, 5) is 23.6. The van der Waals surface area contributed by atoms with Crippen LogP contribution in [-0.4, -0.2) is 18.0 Å². The molecule has 2 rings (SSSR count). The van der Waals surface area contributed by atoms with Crippen molar-refractivity contribution in [2.45, 2.75) is 19.8 Å². The summed E-state index contributed by atoms with van der Waals surface area (Å²) in [5, 5.41) is 7.11. The Labute approximate surface area is 156 Å². The topological polar surface area (TPSA) is 70.6 Å². The Bertz CT molecular complexity index is 802. The fourth-order valence-corrected chi connectivity index (χ4v) is 2.41. The van der Waals surface area contributed by atoms with E-state index in [1.54, 1.807) is 30.3 Å². The van der Waals surface area contributed by atoms with Crippen LogP contribution in [0.3, 0.4) is 0 Å². The first kappa shape index (κ1) is 19.0. The number of anilines is 1. The Morgan fingerprint density at radius 1 is 1.04 bits per heavy atom. The molecule has 0 aliphatic carbocycles. The van der Waals surface area contributed by atoms with Gasteiger partial charge in [0.25, 0.3) is 0 Å². The van der Waals surface area contributed by atoms with Crippen molar-refractivity contribution in [2.24, 2.45) is 5.10 Å². The third kappa shape index (κ3) is 5.59. The highest BCUT2D eigenvalue weighted by Crippen LogP contribution is 2.19. The van der Waals surface area contributed by atoms with Gasteiger partial charge in [-0.2, -0.15) is 5.10 Å². The molecule has 0 heterocycles. The van der Waals surface area contributed by atoms with Gasteiger partial charge in [0.2, 0.25) is 0 Å². The minimum absolute atomic E-state index is 0.389. The van der Waals surface area contributed by atoms with Crippen LogP contribution in [0.2, 0.25) is 10.0 Å². The summed E-state index contributed by atoms with van der Waals surface area (Å²) in [5.41, 5.74) is 4.40. The maximum Gasteiger partial charge on any atom is 0.329 e. The number of nitrogens with one attached hydrogen (secondary N) is 2. The number of hydrogen-bond acceptors (Lipinski definition) is 3. The molecule has 0 radical (unpaired) electrons. The molecule has 0 atom stereocenters. The molecule has 0 aliphatic heterocycles. The van der Waals surface area contributed by atoms with Gasteiger partial charge < -0.3 is 5.32 Å². The van der Waals surface area contributed by atoms with E-state index in [0.29, 0.717) is 27.2 Å². The van der Waals surface area contributed by atoms with Gasteiger partial charge in [0.1, 0.15) is 0 Å². The molecule has 0 aromatic heterocycles. The fraction of sp³-hybridized carbons (Fsp3) is 0.167. The number of carbonyl (C=O) groups is 2. The highest BCUT2D eigenvalue weighted by molar-refractivity contribution is 6.39. The maximum absolute atomic E-state index is 11.8. The Kier molecular flexibility index (Phi) is 6.56. The van der Waals surface area contributed by atoms with Gasteiger partial charge in [-0.3, -0.25) is 9.59 Å². The van der Waals surface area contributed by atoms with E-state index in [1.165, 1.54) is 6.21 Å². The molecule has 25 heavy (non-hydrogen) atoms. The average molecular weight is 378 g/mol. The van der Waals surface area contributed by atoms with Gasteiger partial charge in [-0.1, -0.05) is 55.2 Å². The van der Waals surface area contributed by atoms with Crippen molar-refractivity contribution in [3.8, 4) is 0 Å². The normalized spacial score (nSPS) is 10.9. The van der Waals surface area contributed by atoms with Crippen molar-refractivity contribution >= 4 is 46.9 Å². The molecule has 2 aromatic rings. The van der Waals surface area contributed by atoms with E-state index in [9.17, 15) is 9.59 Å². The van der Waals surface area contributed by atoms with Crippen LogP contribution in [0.15, 0.2) is 47.6 Å². The van der Waals surface area contributed by atoms with E-state index >= 15 is 0 Å². The quantitative estimate of drug-likeness (QED) is 0.476. The molecule has 7 heteroatoms. The molecule has 0 saturated heterocycles. The van der Waals surface area contributed by atoms with Gasteiger partial charge in [0.15, 0.2) is 0 Å². The lowest BCUT2D eigenvalue weighted by Crippen LogP contribution is -2.32. The number of benzene rings is 2. The van der Waals surface area contributed by atoms with Crippen LogP contribution >= 0.6 is 23.2 Å². The molecular weight excluding hydrogens is 361 g/mol. The molecule has 2 amide bonds. The molecule has 2 N–H and O–H groups in total. The molecule has 5 nitrogen and oxygen atoms in total. The summed E-state index contributed by atoms with van der Waals surface area (Å²) in [6.07, 6.45) is 1.33. The Hall–Kier alpha value is -2.37. The van der Waals surface area contributed by atoms with E-state index in [0.717, 1.165) is 5.56 Å². The zero-order chi connectivity index (χ0) is 18.4. The summed E-state index contributed by atoms with van der Waals surface area (Å²) in [6, 6.07) is 12.1. The Balaban J connectivity index is 1.91. The van der Waals surface area contributed by atoms with Crippen molar-refractivity contribution in [1.82, 2.24) is 5.43 Å². The smallest absolute Gasteiger partial charge is 0.318 e. The summed E-state index contributed by atoms with van der Waals surface area (Å²) in [5.74, 6) is -1.30. The van der Waals surface area contributed by atoms with Crippen LogP contribution < -0.4 is 10.7 Å². The van der Waals surface area contributed by atoms with Crippen LogP contribution in [0.4, 0.5) is 5.69 Å². The van der Waals surface area contributed by atoms with Crippen molar-refractivity contribution < 1.29 is 9.59 Å². The monoisotopic (exact) mass is 377 g/mol. The van der Waals surface area contributed by atoms with E-state index in [-0.39, 0.29) is 0 Å². The minimum Gasteiger partial charge on any atom is -0.318 e. The van der Waals surface area contributed by atoms with Crippen molar-refractivity contribution in [3.63, 3.8) is 0 Å². The largest absolute Gasteiger partial charge is 0.329 e. The molecule has 0 saturated carbocycles. The minimum atomic E-state index is -0.880. The highest BCUT2D eigenvalue weighted by atomic mass is 35.5. The van der Waals surface area contributed by atoms with Gasteiger partial charge in [-0.05, 0) is 35.7 Å². The van der Waals surface area contributed by atoms with Gasteiger partial charge in [0, 0.05) is 16.3 Å². The molecule has 0 unspecified atom stereocenters. The van der Waals surface area contributed by atoms with E-state index in [1.807, 2.05) is 12.1 Å². The molecule has 0 bridgehead atoms. The number of rotatable bonds is 4. The van der Waals surface area contributed by atoms with E-state index < -0.39 is 11.8 Å². The first-order chi connectivity index (χ1) is 11.9. The van der Waals surface area contributed by atoms with Crippen LogP contribution in [-0.2, 0) is 9.59 Å². The van der Waals surface area contributed by atoms with Gasteiger partial charge in [-0.25, -0.2) is 5.43 Å². The maximum atomic E-state index is 11.8. The zero-order valence-electron chi connectivity index (χ0n) is 13.7. The van der Waals surface area contributed by atoms with Crippen molar-refractivity contribution in [2.75, 3.05) is 5.32 Å². The molecule has 0 aliphatic rings. The SMILES string of the molecule is CC(C)c1ccc(NC(=O)C(=O)N/N=C\c2ccc(Cl)cc2Cl)cc1. The number of halogens is 2. The number of carbonyl (C=O) groups excluding carboxylic acids is 2. The summed E-state index contributed by atoms with van der Waals surface area (Å²) >= 11 is 11.8. The molecular formula is C18H17Cl2N3O2. The standard InChI is InChI=1S/C18H17Cl2N3O2/c1-11(2)12-4-7-15(8-5-12)22-17(24)18(25)23-21-10-13-3-6-14(19)9-16(13)20/h3-11H,1-2H3,(H,22,24)(H,23,25)/b21-10-. The van der Waals surface area contributed by atoms with Crippen LogP contribution in [0.1, 0.15) is 30.9 Å². The highest BCUT2D eigenvalue weighted by Gasteiger charge is 2.13. The van der Waals surface area contributed by atoms with Gasteiger partial charge >= 0.3 is 11.8 Å². The van der Waals surface area contributed by atoms with Crippen LogP contribution in [0, 0.1) is 0 Å². The lowest BCUT2D eigenvalue weighted by Gasteiger charge is -2.07. The van der Waals surface area contributed by atoms with Gasteiger partial charge in [0.05, 0.1) is 11.2 Å². The first-order valence-corrected chi connectivity index (χ1v) is 8.32. The summed E-state index contributed by atoms with van der Waals surface area (Å²) in [7, 11) is 0. The molecule has 130 valence electrons. The molecule has 2 aromatic carbocycles. The molecule has 0 spiro atoms. The van der Waals surface area contributed by atoms with Gasteiger partial charge in [-0.15, -0.1) is 0 Å². The predicted molar refractivity (Wildman–Crippen MR) is 101 cm³/mol. The number of nitrogens with zero attached hydrogens (tertiary/aromatic N) is 1. The van der Waals surface area contributed by atoms with E-state index in [2.05, 4.69) is 29.7 Å². The third-order valence-electron chi connectivity index (χ3n) is 3.37. The Morgan fingerprint density at radius 2 is 1.72 bits per heavy atom. The second-order valence-corrected chi connectivity index (χ2v) is 6.44. The first-order valence-electron chi connectivity index (χ1n) is 7.56. The van der Waals surface area contributed by atoms with Crippen LogP contribution in [0.25, 0.3) is 0 Å². The predicted octanol–water partition coefficient (Wildman–Crippen LogP) is 4.21. The van der Waals surface area contributed by atoms with E-state index in [4.69, 9.17) is 23.2 Å². The van der Waals surface area contributed by atoms with Crippen molar-refractivity contribution in [3.05, 3.63) is 63.6 Å².